The van der Waals surface area contributed by atoms with E-state index in [2.05, 4.69) is 0 Å². The average Bonchev–Trinajstić information content (AvgIpc) is 2.73. The lowest BCUT2D eigenvalue weighted by molar-refractivity contribution is -0.298. The van der Waals surface area contributed by atoms with Crippen LogP contribution in [-0.4, -0.2) is 43.5 Å². The molecule has 0 radical (unpaired) electrons. The Balaban J connectivity index is 1.51. The maximum absolute atomic E-state index is 13.7. The summed E-state index contributed by atoms with van der Waals surface area (Å²) in [5.74, 6) is -0.650. The number of hydrogen-bond acceptors (Lipinski definition) is 6. The Bertz CT molecular complexity index is 839. The zero-order chi connectivity index (χ0) is 20.5. The van der Waals surface area contributed by atoms with Gasteiger partial charge in [-0.05, 0) is 12.1 Å². The minimum Gasteiger partial charge on any atom is -0.376 e. The highest BCUT2D eigenvalue weighted by atomic mass is 35.5. The molecule has 29 heavy (non-hydrogen) atoms. The normalized spacial score (nSPS) is 32.0. The Labute approximate surface area is 182 Å². The number of methoxy groups -OCH3 is 1. The van der Waals surface area contributed by atoms with Gasteiger partial charge in [0.05, 0.1) is 22.7 Å². The summed E-state index contributed by atoms with van der Waals surface area (Å²) < 4.78 is 37.5. The van der Waals surface area contributed by atoms with E-state index in [-0.39, 0.29) is 16.1 Å². The molecule has 0 saturated carbocycles. The fraction of sp³-hybridized carbons (Fsp3) is 0.400. The molecule has 4 rings (SSSR count). The van der Waals surface area contributed by atoms with Crippen molar-refractivity contribution in [1.29, 1.82) is 0 Å². The molecule has 2 saturated heterocycles. The van der Waals surface area contributed by atoms with Crippen molar-refractivity contribution in [2.45, 2.75) is 41.0 Å². The van der Waals surface area contributed by atoms with Gasteiger partial charge in [0, 0.05) is 17.6 Å². The first kappa shape index (κ1) is 21.3. The van der Waals surface area contributed by atoms with Crippen molar-refractivity contribution in [3.63, 3.8) is 0 Å². The van der Waals surface area contributed by atoms with Gasteiger partial charge in [0.15, 0.2) is 12.1 Å². The third-order valence-corrected chi connectivity index (χ3v) is 6.62. The molecule has 2 N–H and O–H groups in total. The van der Waals surface area contributed by atoms with Gasteiger partial charge < -0.3 is 24.7 Å². The molecule has 2 heterocycles. The monoisotopic (exact) mass is 459 g/mol. The smallest absolute Gasteiger partial charge is 0.184 e. The number of fused-ring (bicyclic) bond motifs is 1. The van der Waals surface area contributed by atoms with Gasteiger partial charge in [-0.3, -0.25) is 0 Å². The molecule has 0 aromatic heterocycles. The van der Waals surface area contributed by atoms with Gasteiger partial charge in [-0.25, -0.2) is 4.39 Å². The standard InChI is InChI=1S/C20H20Cl2FNO4S/c1-25-18-16(24)17-14(9-26-19(28-17)10-5-3-2-4-6-10)27-20(18)29-11-7-12(21)15(23)13(22)8-11/h2-8,14,16-20H,9,24H2,1H3. The summed E-state index contributed by atoms with van der Waals surface area (Å²) in [5, 5.41) is -0.107. The molecule has 5 nitrogen and oxygen atoms in total. The first-order chi connectivity index (χ1) is 14.0. The van der Waals surface area contributed by atoms with Crippen LogP contribution in [0.5, 0.6) is 0 Å². The quantitative estimate of drug-likeness (QED) is 0.683. The van der Waals surface area contributed by atoms with E-state index in [1.165, 1.54) is 23.9 Å². The molecule has 2 aromatic rings. The van der Waals surface area contributed by atoms with Crippen LogP contribution in [0, 0.1) is 5.82 Å². The van der Waals surface area contributed by atoms with E-state index in [1.54, 1.807) is 7.11 Å². The van der Waals surface area contributed by atoms with Crippen molar-refractivity contribution in [2.75, 3.05) is 13.7 Å². The molecule has 2 aliphatic rings. The van der Waals surface area contributed by atoms with Crippen LogP contribution < -0.4 is 5.73 Å². The molecule has 0 spiro atoms. The van der Waals surface area contributed by atoms with Gasteiger partial charge in [0.25, 0.3) is 0 Å². The maximum atomic E-state index is 13.7. The summed E-state index contributed by atoms with van der Waals surface area (Å²) in [5.41, 5.74) is 6.95. The number of rotatable bonds is 4. The van der Waals surface area contributed by atoms with Gasteiger partial charge in [0.2, 0.25) is 0 Å². The van der Waals surface area contributed by atoms with Gasteiger partial charge in [-0.1, -0.05) is 65.3 Å². The van der Waals surface area contributed by atoms with Gasteiger partial charge in [-0.15, -0.1) is 0 Å². The largest absolute Gasteiger partial charge is 0.376 e. The number of benzene rings is 2. The Kier molecular flexibility index (Phi) is 6.68. The first-order valence-corrected chi connectivity index (χ1v) is 10.7. The average molecular weight is 460 g/mol. The molecule has 9 heteroatoms. The summed E-state index contributed by atoms with van der Waals surface area (Å²) >= 11 is 13.1. The molecule has 2 fully saturated rings. The third-order valence-electron chi connectivity index (χ3n) is 4.95. The van der Waals surface area contributed by atoms with Crippen molar-refractivity contribution < 1.29 is 23.3 Å². The summed E-state index contributed by atoms with van der Waals surface area (Å²) in [4.78, 5) is 0.652. The summed E-state index contributed by atoms with van der Waals surface area (Å²) in [6.45, 7) is 0.330. The van der Waals surface area contributed by atoms with E-state index >= 15 is 0 Å². The second kappa shape index (κ2) is 9.08. The van der Waals surface area contributed by atoms with Crippen molar-refractivity contribution in [1.82, 2.24) is 0 Å². The predicted octanol–water partition coefficient (Wildman–Crippen LogP) is 4.41. The molecule has 2 aromatic carbocycles. The third kappa shape index (κ3) is 4.43. The molecular formula is C20H20Cl2FNO4S. The highest BCUT2D eigenvalue weighted by Gasteiger charge is 2.49. The highest BCUT2D eigenvalue weighted by molar-refractivity contribution is 7.99. The van der Waals surface area contributed by atoms with E-state index < -0.39 is 35.8 Å². The number of hydrogen-bond donors (Lipinski definition) is 1. The van der Waals surface area contributed by atoms with Crippen LogP contribution in [0.15, 0.2) is 47.4 Å². The second-order valence-electron chi connectivity index (χ2n) is 6.82. The second-order valence-corrected chi connectivity index (χ2v) is 8.80. The van der Waals surface area contributed by atoms with Crippen LogP contribution >= 0.6 is 35.0 Å². The maximum Gasteiger partial charge on any atom is 0.184 e. The molecule has 0 aliphatic carbocycles. The number of thioether (sulfide) groups is 1. The lowest BCUT2D eigenvalue weighted by Crippen LogP contribution is -2.64. The van der Waals surface area contributed by atoms with Crippen molar-refractivity contribution in [3.05, 3.63) is 63.9 Å². The van der Waals surface area contributed by atoms with E-state index in [4.69, 9.17) is 47.9 Å². The zero-order valence-electron chi connectivity index (χ0n) is 15.5. The molecule has 0 amide bonds. The van der Waals surface area contributed by atoms with Gasteiger partial charge in [0.1, 0.15) is 23.7 Å². The highest BCUT2D eigenvalue weighted by Crippen LogP contribution is 2.40. The van der Waals surface area contributed by atoms with Crippen LogP contribution in [0.3, 0.4) is 0 Å². The predicted molar refractivity (Wildman–Crippen MR) is 110 cm³/mol. The molecule has 156 valence electrons. The zero-order valence-corrected chi connectivity index (χ0v) is 17.8. The first-order valence-electron chi connectivity index (χ1n) is 9.05. The van der Waals surface area contributed by atoms with E-state index in [0.717, 1.165) is 5.56 Å². The van der Waals surface area contributed by atoms with E-state index in [0.29, 0.717) is 11.5 Å². The summed E-state index contributed by atoms with van der Waals surface area (Å²) in [6.07, 6.45) is -1.72. The van der Waals surface area contributed by atoms with E-state index in [1.807, 2.05) is 30.3 Å². The minimum absolute atomic E-state index is 0.0537. The topological polar surface area (TPSA) is 62.9 Å². The number of halogens is 3. The Morgan fingerprint density at radius 1 is 1.14 bits per heavy atom. The lowest BCUT2D eigenvalue weighted by atomic mass is 9.97. The molecule has 2 aliphatic heterocycles. The molecule has 6 atom stereocenters. The SMILES string of the molecule is COC1C(Sc2cc(Cl)c(F)c(Cl)c2)OC2COC(c3ccccc3)OC2C1N. The molecule has 0 bridgehead atoms. The number of ether oxygens (including phenoxy) is 4. The fourth-order valence-electron chi connectivity index (χ4n) is 3.50. The molecule has 6 unspecified atom stereocenters. The lowest BCUT2D eigenvalue weighted by Gasteiger charge is -2.48. The van der Waals surface area contributed by atoms with Crippen molar-refractivity contribution in [3.8, 4) is 0 Å². The Morgan fingerprint density at radius 2 is 1.83 bits per heavy atom. The minimum atomic E-state index is -0.650. The fourth-order valence-corrected chi connectivity index (χ4v) is 5.38. The number of nitrogens with two attached hydrogens (primary N) is 1. The van der Waals surface area contributed by atoms with E-state index in [9.17, 15) is 4.39 Å². The van der Waals surface area contributed by atoms with Gasteiger partial charge >= 0.3 is 0 Å². The van der Waals surface area contributed by atoms with Crippen molar-refractivity contribution >= 4 is 35.0 Å². The van der Waals surface area contributed by atoms with Crippen LogP contribution in [0.4, 0.5) is 4.39 Å². The van der Waals surface area contributed by atoms with Crippen LogP contribution in [0.1, 0.15) is 11.9 Å². The Morgan fingerprint density at radius 3 is 2.48 bits per heavy atom. The van der Waals surface area contributed by atoms with Crippen LogP contribution in [0.25, 0.3) is 0 Å². The van der Waals surface area contributed by atoms with Crippen molar-refractivity contribution in [2.24, 2.45) is 5.73 Å². The van der Waals surface area contributed by atoms with Gasteiger partial charge in [-0.2, -0.15) is 0 Å². The van der Waals surface area contributed by atoms with Crippen LogP contribution in [-0.2, 0) is 18.9 Å². The van der Waals surface area contributed by atoms with Crippen LogP contribution in [0.2, 0.25) is 10.0 Å². The Hall–Kier alpha value is -0.900. The summed E-state index contributed by atoms with van der Waals surface area (Å²) in [7, 11) is 1.57. The molecular weight excluding hydrogens is 440 g/mol. The summed E-state index contributed by atoms with van der Waals surface area (Å²) in [6, 6.07) is 12.2.